The molecule has 0 aliphatic heterocycles. The van der Waals surface area contributed by atoms with E-state index >= 15 is 0 Å². The number of nitrogens with two attached hydrogens (primary N) is 1. The number of nitriles is 1. The minimum atomic E-state index is 0.262. The Morgan fingerprint density at radius 1 is 1.08 bits per heavy atom. The molecule has 26 heavy (non-hydrogen) atoms. The van der Waals surface area contributed by atoms with Crippen LogP contribution < -0.4 is 5.73 Å². The Hall–Kier alpha value is -3.31. The number of hydrogen-bond donors (Lipinski definition) is 1. The highest BCUT2D eigenvalue weighted by Crippen LogP contribution is 2.35. The van der Waals surface area contributed by atoms with E-state index in [1.54, 1.807) is 18.3 Å². The summed E-state index contributed by atoms with van der Waals surface area (Å²) in [5.74, 6) is 0.262. The molecule has 0 unspecified atom stereocenters. The van der Waals surface area contributed by atoms with Gasteiger partial charge in [-0.15, -0.1) is 5.10 Å². The van der Waals surface area contributed by atoms with Crippen LogP contribution in [0.2, 0.25) is 0 Å². The van der Waals surface area contributed by atoms with Gasteiger partial charge in [0.05, 0.1) is 27.5 Å². The highest BCUT2D eigenvalue weighted by molar-refractivity contribution is 9.10. The molecule has 3 heterocycles. The van der Waals surface area contributed by atoms with Crippen molar-refractivity contribution in [1.82, 2.24) is 25.0 Å². The number of halogens is 1. The second kappa shape index (κ2) is 6.54. The normalized spacial score (nSPS) is 10.8. The summed E-state index contributed by atoms with van der Waals surface area (Å²) < 4.78 is 0.650. The lowest BCUT2D eigenvalue weighted by Crippen LogP contribution is -2.04. The lowest BCUT2D eigenvalue weighted by molar-refractivity contribution is 0.591. The first-order valence-electron chi connectivity index (χ1n) is 7.76. The van der Waals surface area contributed by atoms with Gasteiger partial charge in [-0.25, -0.2) is 4.98 Å². The predicted molar refractivity (Wildman–Crippen MR) is 101 cm³/mol. The van der Waals surface area contributed by atoms with Crippen LogP contribution in [0.4, 0.5) is 5.82 Å². The van der Waals surface area contributed by atoms with Crippen LogP contribution in [0.15, 0.2) is 53.1 Å². The van der Waals surface area contributed by atoms with Crippen molar-refractivity contribution >= 4 is 32.8 Å². The smallest absolute Gasteiger partial charge is 0.156 e. The van der Waals surface area contributed by atoms with Crippen molar-refractivity contribution in [2.75, 3.05) is 5.73 Å². The molecule has 7 nitrogen and oxygen atoms in total. The lowest BCUT2D eigenvalue weighted by atomic mass is 10.0. The number of hydrogen-bond acceptors (Lipinski definition) is 6. The molecule has 0 spiro atoms. The molecule has 2 N–H and O–H groups in total. The second-order valence-corrected chi connectivity index (χ2v) is 6.36. The van der Waals surface area contributed by atoms with Gasteiger partial charge < -0.3 is 5.73 Å². The van der Waals surface area contributed by atoms with E-state index in [4.69, 9.17) is 5.73 Å². The van der Waals surface area contributed by atoms with Crippen molar-refractivity contribution < 1.29 is 0 Å². The van der Waals surface area contributed by atoms with Crippen LogP contribution in [0.1, 0.15) is 11.3 Å². The van der Waals surface area contributed by atoms with Crippen LogP contribution in [-0.2, 0) is 6.54 Å². The SMILES string of the molecule is N#Cc1ccccc1-c1nc(N)c2nn(Cc3ccccn3)nc2c1Br. The molecule has 126 valence electrons. The van der Waals surface area contributed by atoms with Gasteiger partial charge in [0.25, 0.3) is 0 Å². The zero-order valence-electron chi connectivity index (χ0n) is 13.5. The fraction of sp³-hybridized carbons (Fsp3) is 0.0556. The average Bonchev–Trinajstić information content (AvgIpc) is 3.10. The van der Waals surface area contributed by atoms with E-state index in [0.717, 1.165) is 5.69 Å². The van der Waals surface area contributed by atoms with Gasteiger partial charge in [0.15, 0.2) is 11.3 Å². The number of aromatic nitrogens is 5. The first kappa shape index (κ1) is 16.2. The molecule has 4 rings (SSSR count). The number of pyridine rings is 2. The average molecular weight is 406 g/mol. The highest BCUT2D eigenvalue weighted by Gasteiger charge is 2.19. The number of nitrogens with zero attached hydrogens (tertiary/aromatic N) is 6. The fourth-order valence-electron chi connectivity index (χ4n) is 2.68. The van der Waals surface area contributed by atoms with Gasteiger partial charge in [0.1, 0.15) is 12.1 Å². The Morgan fingerprint density at radius 2 is 1.85 bits per heavy atom. The Bertz CT molecular complexity index is 1150. The largest absolute Gasteiger partial charge is 0.382 e. The molecule has 4 aromatic rings. The minimum Gasteiger partial charge on any atom is -0.382 e. The van der Waals surface area contributed by atoms with Gasteiger partial charge in [0.2, 0.25) is 0 Å². The van der Waals surface area contributed by atoms with Gasteiger partial charge in [-0.3, -0.25) is 4.98 Å². The van der Waals surface area contributed by atoms with E-state index in [0.29, 0.717) is 38.9 Å². The number of anilines is 1. The molecule has 0 saturated heterocycles. The van der Waals surface area contributed by atoms with Crippen molar-refractivity contribution in [3.05, 3.63) is 64.4 Å². The van der Waals surface area contributed by atoms with Gasteiger partial charge in [-0.2, -0.15) is 15.2 Å². The van der Waals surface area contributed by atoms with Crippen LogP contribution in [0.5, 0.6) is 0 Å². The molecule has 0 fully saturated rings. The van der Waals surface area contributed by atoms with E-state index in [-0.39, 0.29) is 5.82 Å². The second-order valence-electron chi connectivity index (χ2n) is 5.57. The van der Waals surface area contributed by atoms with E-state index in [9.17, 15) is 5.26 Å². The molecule has 0 radical (unpaired) electrons. The maximum absolute atomic E-state index is 9.36. The van der Waals surface area contributed by atoms with E-state index in [1.807, 2.05) is 30.3 Å². The van der Waals surface area contributed by atoms with Crippen molar-refractivity contribution in [2.45, 2.75) is 6.54 Å². The zero-order chi connectivity index (χ0) is 18.1. The molecule has 3 aromatic heterocycles. The number of nitrogen functional groups attached to an aromatic ring is 1. The molecule has 8 heteroatoms. The predicted octanol–water partition coefficient (Wildman–Crippen LogP) is 3.15. The first-order chi connectivity index (χ1) is 12.7. The van der Waals surface area contributed by atoms with Gasteiger partial charge in [-0.1, -0.05) is 24.3 Å². The Kier molecular flexibility index (Phi) is 4.07. The van der Waals surface area contributed by atoms with E-state index in [2.05, 4.69) is 42.2 Å². The molecule has 0 aliphatic rings. The highest BCUT2D eigenvalue weighted by atomic mass is 79.9. The Morgan fingerprint density at radius 3 is 2.62 bits per heavy atom. The molecule has 0 bridgehead atoms. The molecule has 0 saturated carbocycles. The molecule has 1 aromatic carbocycles. The Labute approximate surface area is 157 Å². The number of benzene rings is 1. The summed E-state index contributed by atoms with van der Waals surface area (Å²) in [7, 11) is 0. The van der Waals surface area contributed by atoms with Gasteiger partial charge >= 0.3 is 0 Å². The van der Waals surface area contributed by atoms with Gasteiger partial charge in [-0.05, 0) is 34.1 Å². The molecular formula is C18H12BrN7. The fourth-order valence-corrected chi connectivity index (χ4v) is 3.25. The first-order valence-corrected chi connectivity index (χ1v) is 8.56. The quantitative estimate of drug-likeness (QED) is 0.560. The topological polar surface area (TPSA) is 106 Å². The standard InChI is InChI=1S/C18H12BrN7/c19-14-15(13-7-2-1-5-11(13)9-20)23-18(21)17-16(14)24-26(25-17)10-12-6-3-4-8-22-12/h1-8H,10H2,(H2,21,23). The number of fused-ring (bicyclic) bond motifs is 1. The van der Waals surface area contributed by atoms with Crippen LogP contribution in [0, 0.1) is 11.3 Å². The monoisotopic (exact) mass is 405 g/mol. The lowest BCUT2D eigenvalue weighted by Gasteiger charge is -2.07. The van der Waals surface area contributed by atoms with Gasteiger partial charge in [0, 0.05) is 11.8 Å². The molecule has 0 aliphatic carbocycles. The summed E-state index contributed by atoms with van der Waals surface area (Å²) in [5.41, 5.74) is 9.82. The minimum absolute atomic E-state index is 0.262. The van der Waals surface area contributed by atoms with Crippen LogP contribution in [0.25, 0.3) is 22.3 Å². The third kappa shape index (κ3) is 2.78. The molecular weight excluding hydrogens is 394 g/mol. The van der Waals surface area contributed by atoms with E-state index < -0.39 is 0 Å². The van der Waals surface area contributed by atoms with Crippen molar-refractivity contribution in [3.8, 4) is 17.3 Å². The summed E-state index contributed by atoms with van der Waals surface area (Å²) in [6.07, 6.45) is 1.72. The van der Waals surface area contributed by atoms with E-state index in [1.165, 1.54) is 4.80 Å². The van der Waals surface area contributed by atoms with Crippen LogP contribution >= 0.6 is 15.9 Å². The van der Waals surface area contributed by atoms with Crippen molar-refractivity contribution in [2.24, 2.45) is 0 Å². The summed E-state index contributed by atoms with van der Waals surface area (Å²) in [5, 5.41) is 18.3. The summed E-state index contributed by atoms with van der Waals surface area (Å²) in [4.78, 5) is 10.3. The van der Waals surface area contributed by atoms with Crippen molar-refractivity contribution in [3.63, 3.8) is 0 Å². The third-order valence-corrected chi connectivity index (χ3v) is 4.63. The number of rotatable bonds is 3. The Balaban J connectivity index is 1.85. The molecule has 0 atom stereocenters. The maximum atomic E-state index is 9.36. The molecule has 0 amide bonds. The van der Waals surface area contributed by atoms with Crippen LogP contribution in [-0.4, -0.2) is 25.0 Å². The summed E-state index contributed by atoms with van der Waals surface area (Å²) >= 11 is 3.56. The maximum Gasteiger partial charge on any atom is 0.156 e. The third-order valence-electron chi connectivity index (χ3n) is 3.88. The zero-order valence-corrected chi connectivity index (χ0v) is 15.1. The van der Waals surface area contributed by atoms with Crippen molar-refractivity contribution in [1.29, 1.82) is 5.26 Å². The van der Waals surface area contributed by atoms with Crippen LogP contribution in [0.3, 0.4) is 0 Å². The summed E-state index contributed by atoms with van der Waals surface area (Å²) in [6, 6.07) is 15.1. The summed E-state index contributed by atoms with van der Waals surface area (Å²) in [6.45, 7) is 0.422.